The van der Waals surface area contributed by atoms with Gasteiger partial charge < -0.3 is 29.7 Å². The van der Waals surface area contributed by atoms with Crippen molar-refractivity contribution in [2.75, 3.05) is 26.2 Å². The maximum atomic E-state index is 13.4. The number of ether oxygens (including phenoxy) is 3. The van der Waals surface area contributed by atoms with E-state index in [9.17, 15) is 14.4 Å². The van der Waals surface area contributed by atoms with Crippen LogP contribution < -0.4 is 15.4 Å². The number of hydrogen-bond acceptors (Lipinski definition) is 7. The Balaban J connectivity index is 1.65. The standard InChI is InChI=1S/C30H41N3O6/c1-29(2,3)38-27(35)32-25(26(34)20-30(4,5)39-28(36)33-17-15-31-16-18-33)19-22-11-13-24(14-12-22)37-21-23-9-7-6-8-10-23/h6-14,25,31H,15-21H2,1-5H3,(H,32,35)/t25-/m0/s1. The van der Waals surface area contributed by atoms with Gasteiger partial charge in [0.1, 0.15) is 23.6 Å². The molecule has 0 unspecified atom stereocenters. The number of carbonyl (C=O) groups excluding carboxylic acids is 3. The molecular weight excluding hydrogens is 498 g/mol. The summed E-state index contributed by atoms with van der Waals surface area (Å²) in [5.41, 5.74) is 0.136. The molecular formula is C30H41N3O6. The average Bonchev–Trinajstić information content (AvgIpc) is 2.87. The first-order chi connectivity index (χ1) is 18.4. The second kappa shape index (κ2) is 13.5. The number of nitrogens with zero attached hydrogens (tertiary/aromatic N) is 1. The highest BCUT2D eigenvalue weighted by Crippen LogP contribution is 2.21. The summed E-state index contributed by atoms with van der Waals surface area (Å²) in [5.74, 6) is 0.440. The molecule has 0 aliphatic carbocycles. The normalized spacial score (nSPS) is 14.7. The molecule has 212 valence electrons. The Morgan fingerprint density at radius 2 is 1.54 bits per heavy atom. The number of carbonyl (C=O) groups is 3. The van der Waals surface area contributed by atoms with E-state index in [1.54, 1.807) is 39.5 Å². The maximum Gasteiger partial charge on any atom is 0.410 e. The van der Waals surface area contributed by atoms with Crippen LogP contribution in [0, 0.1) is 0 Å². The van der Waals surface area contributed by atoms with Crippen molar-refractivity contribution in [3.05, 3.63) is 65.7 Å². The van der Waals surface area contributed by atoms with Gasteiger partial charge in [-0.15, -0.1) is 0 Å². The summed E-state index contributed by atoms with van der Waals surface area (Å²) in [6, 6.07) is 16.4. The zero-order chi connectivity index (χ0) is 28.5. The third kappa shape index (κ3) is 10.6. The Morgan fingerprint density at radius 3 is 2.15 bits per heavy atom. The Labute approximate surface area is 231 Å². The molecule has 9 heteroatoms. The molecule has 39 heavy (non-hydrogen) atoms. The molecule has 0 radical (unpaired) electrons. The van der Waals surface area contributed by atoms with Gasteiger partial charge >= 0.3 is 12.2 Å². The van der Waals surface area contributed by atoms with Gasteiger partial charge in [0.2, 0.25) is 0 Å². The number of benzene rings is 2. The van der Waals surface area contributed by atoms with E-state index in [4.69, 9.17) is 14.2 Å². The molecule has 1 saturated heterocycles. The van der Waals surface area contributed by atoms with Crippen molar-refractivity contribution in [3.63, 3.8) is 0 Å². The van der Waals surface area contributed by atoms with Gasteiger partial charge in [0.25, 0.3) is 0 Å². The van der Waals surface area contributed by atoms with Crippen LogP contribution in [0.4, 0.5) is 9.59 Å². The van der Waals surface area contributed by atoms with Gasteiger partial charge in [0, 0.05) is 32.6 Å². The van der Waals surface area contributed by atoms with Crippen LogP contribution in [0.15, 0.2) is 54.6 Å². The van der Waals surface area contributed by atoms with Crippen LogP contribution in [0.3, 0.4) is 0 Å². The third-order valence-corrected chi connectivity index (χ3v) is 6.03. The lowest BCUT2D eigenvalue weighted by Gasteiger charge is -2.32. The second-order valence-electron chi connectivity index (χ2n) is 11.3. The van der Waals surface area contributed by atoms with E-state index in [-0.39, 0.29) is 18.6 Å². The van der Waals surface area contributed by atoms with Crippen LogP contribution in [0.2, 0.25) is 0 Å². The number of hydrogen-bond donors (Lipinski definition) is 2. The molecule has 0 bridgehead atoms. The SMILES string of the molecule is CC(C)(C)OC(=O)N[C@@H](Cc1ccc(OCc2ccccc2)cc1)C(=O)CC(C)(C)OC(=O)N1CCNCC1. The Kier molecular flexibility index (Phi) is 10.3. The molecule has 1 aliphatic rings. The van der Waals surface area contributed by atoms with Crippen molar-refractivity contribution < 1.29 is 28.6 Å². The van der Waals surface area contributed by atoms with Crippen LogP contribution in [-0.2, 0) is 27.3 Å². The number of ketones is 1. The molecule has 3 rings (SSSR count). The summed E-state index contributed by atoms with van der Waals surface area (Å²) < 4.78 is 17.0. The van der Waals surface area contributed by atoms with E-state index < -0.39 is 29.4 Å². The lowest BCUT2D eigenvalue weighted by atomic mass is 9.94. The first-order valence-electron chi connectivity index (χ1n) is 13.4. The summed E-state index contributed by atoms with van der Waals surface area (Å²) in [6.07, 6.45) is -0.945. The largest absolute Gasteiger partial charge is 0.489 e. The molecule has 0 saturated carbocycles. The van der Waals surface area contributed by atoms with E-state index in [0.29, 0.717) is 38.5 Å². The van der Waals surface area contributed by atoms with Gasteiger partial charge in [-0.2, -0.15) is 0 Å². The highest BCUT2D eigenvalue weighted by Gasteiger charge is 2.33. The van der Waals surface area contributed by atoms with Crippen molar-refractivity contribution in [1.29, 1.82) is 0 Å². The van der Waals surface area contributed by atoms with Crippen molar-refractivity contribution in [1.82, 2.24) is 15.5 Å². The van der Waals surface area contributed by atoms with E-state index in [2.05, 4.69) is 10.6 Å². The number of Topliss-reactive ketones (excluding diaryl/α,β-unsaturated/α-hetero) is 1. The highest BCUT2D eigenvalue weighted by molar-refractivity contribution is 5.88. The molecule has 2 N–H and O–H groups in total. The number of alkyl carbamates (subject to hydrolysis) is 1. The summed E-state index contributed by atoms with van der Waals surface area (Å²) in [6.45, 7) is 11.6. The predicted octanol–water partition coefficient (Wildman–Crippen LogP) is 4.48. The fourth-order valence-corrected chi connectivity index (χ4v) is 4.12. The minimum Gasteiger partial charge on any atom is -0.489 e. The van der Waals surface area contributed by atoms with Crippen LogP contribution >= 0.6 is 0 Å². The van der Waals surface area contributed by atoms with E-state index in [1.807, 2.05) is 54.6 Å². The molecule has 1 aliphatic heterocycles. The average molecular weight is 540 g/mol. The van der Waals surface area contributed by atoms with Gasteiger partial charge in [-0.05, 0) is 64.3 Å². The fourth-order valence-electron chi connectivity index (χ4n) is 4.12. The molecule has 2 aromatic carbocycles. The zero-order valence-electron chi connectivity index (χ0n) is 23.6. The smallest absolute Gasteiger partial charge is 0.410 e. The zero-order valence-corrected chi connectivity index (χ0v) is 23.6. The number of rotatable bonds is 10. The Bertz CT molecular complexity index is 1090. The lowest BCUT2D eigenvalue weighted by Crippen LogP contribution is -2.50. The second-order valence-corrected chi connectivity index (χ2v) is 11.3. The van der Waals surface area contributed by atoms with E-state index in [1.165, 1.54) is 0 Å². The minimum absolute atomic E-state index is 0.0659. The summed E-state index contributed by atoms with van der Waals surface area (Å²) in [7, 11) is 0. The van der Waals surface area contributed by atoms with Crippen molar-refractivity contribution in [3.8, 4) is 5.75 Å². The van der Waals surface area contributed by atoms with Crippen molar-refractivity contribution >= 4 is 18.0 Å². The Morgan fingerprint density at radius 1 is 0.897 bits per heavy atom. The van der Waals surface area contributed by atoms with Crippen molar-refractivity contribution in [2.45, 2.75) is 71.3 Å². The number of amides is 2. The van der Waals surface area contributed by atoms with Crippen LogP contribution in [0.1, 0.15) is 52.2 Å². The fraction of sp³-hybridized carbons (Fsp3) is 0.500. The number of piperazine rings is 1. The van der Waals surface area contributed by atoms with Crippen LogP contribution in [0.25, 0.3) is 0 Å². The lowest BCUT2D eigenvalue weighted by molar-refractivity contribution is -0.125. The first-order valence-corrected chi connectivity index (χ1v) is 13.4. The Hall–Kier alpha value is -3.59. The van der Waals surface area contributed by atoms with Gasteiger partial charge in [-0.1, -0.05) is 42.5 Å². The van der Waals surface area contributed by atoms with E-state index >= 15 is 0 Å². The third-order valence-electron chi connectivity index (χ3n) is 6.03. The minimum atomic E-state index is -1.05. The molecule has 0 aromatic heterocycles. The van der Waals surface area contributed by atoms with Crippen LogP contribution in [0.5, 0.6) is 5.75 Å². The number of nitrogens with one attached hydrogen (secondary N) is 2. The molecule has 1 heterocycles. The van der Waals surface area contributed by atoms with Crippen molar-refractivity contribution in [2.24, 2.45) is 0 Å². The summed E-state index contributed by atoms with van der Waals surface area (Å²) >= 11 is 0. The molecule has 9 nitrogen and oxygen atoms in total. The van der Waals surface area contributed by atoms with Crippen LogP contribution in [-0.4, -0.2) is 66.3 Å². The van der Waals surface area contributed by atoms with E-state index in [0.717, 1.165) is 11.1 Å². The predicted molar refractivity (Wildman–Crippen MR) is 149 cm³/mol. The highest BCUT2D eigenvalue weighted by atomic mass is 16.6. The maximum absolute atomic E-state index is 13.4. The molecule has 0 spiro atoms. The summed E-state index contributed by atoms with van der Waals surface area (Å²) in [5, 5.41) is 5.91. The summed E-state index contributed by atoms with van der Waals surface area (Å²) in [4.78, 5) is 40.3. The molecule has 1 fully saturated rings. The van der Waals surface area contributed by atoms with Gasteiger partial charge in [0.05, 0.1) is 6.04 Å². The molecule has 2 amide bonds. The quantitative estimate of drug-likeness (QED) is 0.459. The van der Waals surface area contributed by atoms with Gasteiger partial charge in [0.15, 0.2) is 5.78 Å². The monoisotopic (exact) mass is 539 g/mol. The topological polar surface area (TPSA) is 106 Å². The molecule has 2 aromatic rings. The molecule has 1 atom stereocenters. The van der Waals surface area contributed by atoms with Gasteiger partial charge in [-0.25, -0.2) is 9.59 Å². The van der Waals surface area contributed by atoms with Gasteiger partial charge in [-0.3, -0.25) is 4.79 Å². The first kappa shape index (κ1) is 30.0.